The van der Waals surface area contributed by atoms with Gasteiger partial charge in [0.05, 0.1) is 13.2 Å². The number of hydrazine groups is 1. The van der Waals surface area contributed by atoms with Gasteiger partial charge >= 0.3 is 6.09 Å². The summed E-state index contributed by atoms with van der Waals surface area (Å²) in [5.41, 5.74) is 0. The van der Waals surface area contributed by atoms with E-state index in [-0.39, 0.29) is 18.2 Å². The molecule has 2 atom stereocenters. The van der Waals surface area contributed by atoms with E-state index in [2.05, 4.69) is 24.0 Å². The average Bonchev–Trinajstić information content (AvgIpc) is 2.98. The smallest absolute Gasteiger partial charge is 0.419 e. The van der Waals surface area contributed by atoms with Gasteiger partial charge in [-0.3, -0.25) is 0 Å². The first kappa shape index (κ1) is 17.8. The summed E-state index contributed by atoms with van der Waals surface area (Å²) in [5.74, 6) is 0.448. The Morgan fingerprint density at radius 1 is 1.36 bits per heavy atom. The van der Waals surface area contributed by atoms with Crippen molar-refractivity contribution in [2.45, 2.75) is 38.3 Å². The maximum Gasteiger partial charge on any atom is 0.419 e. The van der Waals surface area contributed by atoms with Crippen LogP contribution in [0.15, 0.2) is 0 Å². The van der Waals surface area contributed by atoms with Gasteiger partial charge in [0.25, 0.3) is 0 Å². The third kappa shape index (κ3) is 3.88. The van der Waals surface area contributed by atoms with Gasteiger partial charge in [0, 0.05) is 45.6 Å². The van der Waals surface area contributed by atoms with Gasteiger partial charge in [0.2, 0.25) is 0 Å². The first-order chi connectivity index (χ1) is 10.6. The number of ether oxygens (including phenoxy) is 2. The molecule has 0 saturated carbocycles. The quantitative estimate of drug-likeness (QED) is 0.719. The molecule has 1 amide bonds. The molecule has 6 nitrogen and oxygen atoms in total. The minimum absolute atomic E-state index is 0.131. The highest BCUT2D eigenvalue weighted by Crippen LogP contribution is 2.32. The van der Waals surface area contributed by atoms with Crippen LogP contribution < -0.4 is 0 Å². The van der Waals surface area contributed by atoms with E-state index in [1.54, 1.807) is 0 Å². The highest BCUT2D eigenvalue weighted by Gasteiger charge is 2.40. The summed E-state index contributed by atoms with van der Waals surface area (Å²) in [6.07, 6.45) is 4.88. The molecule has 0 aromatic carbocycles. The molecular formula is C15H29N3O3S. The molecule has 2 heterocycles. The number of carbonyl (C=O) groups excluding carboxylic acids is 1. The monoisotopic (exact) mass is 331 g/mol. The number of nitrogens with zero attached hydrogens (tertiary/aromatic N) is 3. The Morgan fingerprint density at radius 3 is 2.55 bits per heavy atom. The molecule has 0 N–H and O–H groups in total. The lowest BCUT2D eigenvalue weighted by Crippen LogP contribution is -2.56. The summed E-state index contributed by atoms with van der Waals surface area (Å²) < 4.78 is 12.4. The van der Waals surface area contributed by atoms with Crippen LogP contribution in [0.4, 0.5) is 4.79 Å². The van der Waals surface area contributed by atoms with Crippen LogP contribution >= 0.6 is 11.9 Å². The van der Waals surface area contributed by atoms with E-state index < -0.39 is 0 Å². The Bertz CT molecular complexity index is 366. The minimum atomic E-state index is -0.252. The molecule has 0 aliphatic carbocycles. The molecule has 2 aliphatic heterocycles. The molecule has 2 rings (SSSR count). The number of rotatable bonds is 5. The van der Waals surface area contributed by atoms with Crippen molar-refractivity contribution in [3.05, 3.63) is 0 Å². The Morgan fingerprint density at radius 2 is 2.05 bits per heavy atom. The molecule has 0 bridgehead atoms. The van der Waals surface area contributed by atoms with Gasteiger partial charge in [0.1, 0.15) is 0 Å². The predicted octanol–water partition coefficient (Wildman–Crippen LogP) is 2.07. The Balaban J connectivity index is 2.20. The van der Waals surface area contributed by atoms with Crippen LogP contribution in [-0.4, -0.2) is 79.2 Å². The van der Waals surface area contributed by atoms with Crippen molar-refractivity contribution in [2.24, 2.45) is 5.92 Å². The Hall–Kier alpha value is -0.500. The van der Waals surface area contributed by atoms with Gasteiger partial charge in [-0.15, -0.1) is 0 Å². The fourth-order valence-electron chi connectivity index (χ4n) is 3.70. The van der Waals surface area contributed by atoms with E-state index >= 15 is 0 Å². The molecular weight excluding hydrogens is 302 g/mol. The second kappa shape index (κ2) is 8.38. The molecule has 2 saturated heterocycles. The van der Waals surface area contributed by atoms with E-state index in [0.29, 0.717) is 5.92 Å². The fraction of sp³-hybridized carbons (Fsp3) is 0.933. The number of hydrogen-bond donors (Lipinski definition) is 0. The third-order valence-corrected chi connectivity index (χ3v) is 5.63. The maximum atomic E-state index is 12.2. The molecule has 0 spiro atoms. The summed E-state index contributed by atoms with van der Waals surface area (Å²) in [7, 11) is 3.59. The van der Waals surface area contributed by atoms with Crippen LogP contribution in [0.2, 0.25) is 0 Å². The number of methoxy groups -OCH3 is 1. The zero-order chi connectivity index (χ0) is 16.1. The second-order valence-corrected chi connectivity index (χ2v) is 6.82. The van der Waals surface area contributed by atoms with Crippen LogP contribution in [-0.2, 0) is 9.47 Å². The van der Waals surface area contributed by atoms with E-state index in [1.165, 1.54) is 25.5 Å². The average molecular weight is 331 g/mol. The fourth-order valence-corrected chi connectivity index (χ4v) is 4.51. The van der Waals surface area contributed by atoms with Crippen LogP contribution in [0.5, 0.6) is 0 Å². The number of carbonyl (C=O) groups is 1. The van der Waals surface area contributed by atoms with Crippen molar-refractivity contribution in [1.82, 2.24) is 14.3 Å². The van der Waals surface area contributed by atoms with Crippen molar-refractivity contribution >= 4 is 18.0 Å². The normalized spacial score (nSPS) is 24.2. The lowest BCUT2D eigenvalue weighted by Gasteiger charge is -2.44. The van der Waals surface area contributed by atoms with Crippen molar-refractivity contribution in [3.63, 3.8) is 0 Å². The lowest BCUT2D eigenvalue weighted by molar-refractivity contribution is -0.0364. The largest absolute Gasteiger partial charge is 0.452 e. The summed E-state index contributed by atoms with van der Waals surface area (Å²) in [5, 5.41) is 4.68. The second-order valence-electron chi connectivity index (χ2n) is 6.06. The number of hydrogen-bond acceptors (Lipinski definition) is 6. The van der Waals surface area contributed by atoms with Crippen LogP contribution in [0.25, 0.3) is 0 Å². The van der Waals surface area contributed by atoms with Crippen molar-refractivity contribution in [2.75, 3.05) is 46.7 Å². The summed E-state index contributed by atoms with van der Waals surface area (Å²) in [4.78, 5) is 12.2. The molecule has 128 valence electrons. The van der Waals surface area contributed by atoms with Gasteiger partial charge in [-0.05, 0) is 44.1 Å². The van der Waals surface area contributed by atoms with E-state index in [4.69, 9.17) is 9.47 Å². The van der Waals surface area contributed by atoms with Crippen LogP contribution in [0.3, 0.4) is 0 Å². The third-order valence-electron chi connectivity index (χ3n) is 4.84. The van der Waals surface area contributed by atoms with E-state index in [1.807, 2.05) is 10.6 Å². The molecule has 0 radical (unpaired) electrons. The molecule has 0 aromatic rings. The van der Waals surface area contributed by atoms with E-state index in [0.717, 1.165) is 39.1 Å². The van der Waals surface area contributed by atoms with Gasteiger partial charge in [-0.1, -0.05) is 0 Å². The summed E-state index contributed by atoms with van der Waals surface area (Å²) >= 11 is 1.47. The van der Waals surface area contributed by atoms with Crippen molar-refractivity contribution in [1.29, 1.82) is 0 Å². The molecule has 2 fully saturated rings. The lowest BCUT2D eigenvalue weighted by atomic mass is 9.87. The molecule has 2 unspecified atom stereocenters. The van der Waals surface area contributed by atoms with Gasteiger partial charge in [-0.25, -0.2) is 19.1 Å². The first-order valence-electron chi connectivity index (χ1n) is 8.06. The van der Waals surface area contributed by atoms with Gasteiger partial charge < -0.3 is 9.47 Å². The molecule has 2 aliphatic rings. The van der Waals surface area contributed by atoms with Crippen LogP contribution in [0.1, 0.15) is 26.2 Å². The molecule has 22 heavy (non-hydrogen) atoms. The summed E-state index contributed by atoms with van der Waals surface area (Å²) in [6.45, 7) is 5.94. The SMILES string of the molecule is COC(=O)N(SC)C(C1CCOCC1)C(C)N1CCCN1C. The zero-order valence-electron chi connectivity index (χ0n) is 14.2. The van der Waals surface area contributed by atoms with Crippen LogP contribution in [0, 0.1) is 5.92 Å². The van der Waals surface area contributed by atoms with Crippen molar-refractivity contribution < 1.29 is 14.3 Å². The molecule has 7 heteroatoms. The van der Waals surface area contributed by atoms with Gasteiger partial charge in [-0.2, -0.15) is 0 Å². The summed E-state index contributed by atoms with van der Waals surface area (Å²) in [6, 6.07) is 0.397. The maximum absolute atomic E-state index is 12.2. The predicted molar refractivity (Wildman–Crippen MR) is 88.5 cm³/mol. The zero-order valence-corrected chi connectivity index (χ0v) is 15.0. The standard InChI is InChI=1S/C15H29N3O3S/c1-12(17-9-5-8-16(17)2)14(13-6-10-21-11-7-13)18(22-4)15(19)20-3/h12-14H,5-11H2,1-4H3. The topological polar surface area (TPSA) is 45.2 Å². The van der Waals surface area contributed by atoms with Crippen molar-refractivity contribution in [3.8, 4) is 0 Å². The minimum Gasteiger partial charge on any atom is -0.452 e. The highest BCUT2D eigenvalue weighted by molar-refractivity contribution is 7.96. The van der Waals surface area contributed by atoms with Gasteiger partial charge in [0.15, 0.2) is 0 Å². The Kier molecular flexibility index (Phi) is 6.80. The Labute approximate surface area is 138 Å². The molecule has 0 aromatic heterocycles. The first-order valence-corrected chi connectivity index (χ1v) is 9.25. The van der Waals surface area contributed by atoms with E-state index in [9.17, 15) is 4.79 Å². The highest BCUT2D eigenvalue weighted by atomic mass is 32.2. The number of amides is 1.